The average molecular weight is 198 g/mol. The molecule has 4 nitrogen and oxygen atoms in total. The number of carbonyl (C=O) groups is 3. The Balaban J connectivity index is 2.74. The first-order valence-corrected chi connectivity index (χ1v) is 4.76. The van der Waals surface area contributed by atoms with Crippen LogP contribution in [-0.2, 0) is 19.1 Å². The Morgan fingerprint density at radius 1 is 1.64 bits per heavy atom. The van der Waals surface area contributed by atoms with Gasteiger partial charge in [-0.15, -0.1) is 0 Å². The van der Waals surface area contributed by atoms with Crippen molar-refractivity contribution in [2.75, 3.05) is 6.61 Å². The zero-order valence-corrected chi connectivity index (χ0v) is 8.36. The molecule has 0 radical (unpaired) electrons. The number of esters is 1. The summed E-state index contributed by atoms with van der Waals surface area (Å²) in [5.74, 6) is -1.94. The van der Waals surface area contributed by atoms with E-state index in [4.69, 9.17) is 4.74 Å². The Hall–Kier alpha value is -1.19. The second-order valence-corrected chi connectivity index (χ2v) is 3.56. The van der Waals surface area contributed by atoms with E-state index in [1.54, 1.807) is 13.8 Å². The number of ether oxygens (including phenoxy) is 1. The molecule has 0 amide bonds. The first-order valence-electron chi connectivity index (χ1n) is 4.76. The van der Waals surface area contributed by atoms with Gasteiger partial charge >= 0.3 is 5.97 Å². The fourth-order valence-electron chi connectivity index (χ4n) is 1.84. The van der Waals surface area contributed by atoms with Crippen LogP contribution in [0.1, 0.15) is 20.3 Å². The van der Waals surface area contributed by atoms with Gasteiger partial charge in [-0.2, -0.15) is 0 Å². The molecule has 0 N–H and O–H groups in total. The summed E-state index contributed by atoms with van der Waals surface area (Å²) in [4.78, 5) is 33.4. The maximum absolute atomic E-state index is 11.4. The number of hydrogen-bond acceptors (Lipinski definition) is 4. The zero-order valence-electron chi connectivity index (χ0n) is 8.36. The molecule has 0 aliphatic heterocycles. The van der Waals surface area contributed by atoms with Gasteiger partial charge in [0.2, 0.25) is 0 Å². The second-order valence-electron chi connectivity index (χ2n) is 3.56. The van der Waals surface area contributed by atoms with E-state index in [0.29, 0.717) is 0 Å². The van der Waals surface area contributed by atoms with Crippen molar-refractivity contribution in [2.45, 2.75) is 20.3 Å². The molecule has 0 spiro atoms. The van der Waals surface area contributed by atoms with Crippen LogP contribution in [0.15, 0.2) is 0 Å². The molecule has 0 aromatic rings. The Morgan fingerprint density at radius 3 is 2.71 bits per heavy atom. The predicted octanol–water partition coefficient (Wildman–Crippen LogP) is 0.590. The van der Waals surface area contributed by atoms with Crippen LogP contribution in [0.4, 0.5) is 0 Å². The molecule has 1 aliphatic carbocycles. The SMILES string of the molecule is CCOC(=O)[C@@H]1C(=O)C[C@H](C=O)[C@H]1C. The van der Waals surface area contributed by atoms with E-state index in [9.17, 15) is 14.4 Å². The third-order valence-electron chi connectivity index (χ3n) is 2.70. The maximum atomic E-state index is 11.4. The average Bonchev–Trinajstić information content (AvgIpc) is 2.41. The topological polar surface area (TPSA) is 60.4 Å². The predicted molar refractivity (Wildman–Crippen MR) is 48.5 cm³/mol. The van der Waals surface area contributed by atoms with Gasteiger partial charge in [0.05, 0.1) is 6.61 Å². The highest BCUT2D eigenvalue weighted by molar-refractivity contribution is 6.02. The second kappa shape index (κ2) is 4.35. The highest BCUT2D eigenvalue weighted by Gasteiger charge is 2.44. The van der Waals surface area contributed by atoms with Crippen LogP contribution in [0, 0.1) is 17.8 Å². The quantitative estimate of drug-likeness (QED) is 0.378. The van der Waals surface area contributed by atoms with Gasteiger partial charge in [0, 0.05) is 12.3 Å². The Morgan fingerprint density at radius 2 is 2.29 bits per heavy atom. The number of ketones is 1. The van der Waals surface area contributed by atoms with E-state index in [1.165, 1.54) is 0 Å². The molecule has 0 aromatic carbocycles. The van der Waals surface area contributed by atoms with Crippen LogP contribution in [-0.4, -0.2) is 24.6 Å². The van der Waals surface area contributed by atoms with Crippen molar-refractivity contribution in [1.82, 2.24) is 0 Å². The third kappa shape index (κ3) is 1.84. The molecule has 0 bridgehead atoms. The lowest BCUT2D eigenvalue weighted by Gasteiger charge is -2.13. The summed E-state index contributed by atoms with van der Waals surface area (Å²) >= 11 is 0. The van der Waals surface area contributed by atoms with Crippen molar-refractivity contribution >= 4 is 18.0 Å². The molecule has 14 heavy (non-hydrogen) atoms. The number of hydrogen-bond donors (Lipinski definition) is 0. The van der Waals surface area contributed by atoms with Crippen molar-refractivity contribution in [2.24, 2.45) is 17.8 Å². The van der Waals surface area contributed by atoms with Crippen LogP contribution < -0.4 is 0 Å². The third-order valence-corrected chi connectivity index (χ3v) is 2.70. The smallest absolute Gasteiger partial charge is 0.316 e. The molecule has 1 rings (SSSR count). The molecule has 0 heterocycles. The number of carbonyl (C=O) groups excluding carboxylic acids is 3. The lowest BCUT2D eigenvalue weighted by atomic mass is 9.92. The Kier molecular flexibility index (Phi) is 3.38. The molecule has 1 fully saturated rings. The molecule has 3 atom stereocenters. The maximum Gasteiger partial charge on any atom is 0.316 e. The van der Waals surface area contributed by atoms with Crippen LogP contribution >= 0.6 is 0 Å². The molecule has 1 aliphatic rings. The molecule has 0 saturated heterocycles. The van der Waals surface area contributed by atoms with Gasteiger partial charge in [0.1, 0.15) is 18.0 Å². The minimum Gasteiger partial charge on any atom is -0.465 e. The largest absolute Gasteiger partial charge is 0.465 e. The fourth-order valence-corrected chi connectivity index (χ4v) is 1.84. The first-order chi connectivity index (χ1) is 6.61. The van der Waals surface area contributed by atoms with Crippen molar-refractivity contribution in [3.05, 3.63) is 0 Å². The summed E-state index contributed by atoms with van der Waals surface area (Å²) in [7, 11) is 0. The summed E-state index contributed by atoms with van der Waals surface area (Å²) in [6.07, 6.45) is 0.927. The molecular weight excluding hydrogens is 184 g/mol. The molecule has 0 unspecified atom stereocenters. The van der Waals surface area contributed by atoms with Gasteiger partial charge in [0.15, 0.2) is 0 Å². The number of aldehydes is 1. The molecule has 1 saturated carbocycles. The highest BCUT2D eigenvalue weighted by atomic mass is 16.5. The molecule has 0 aromatic heterocycles. The van der Waals surface area contributed by atoms with Gasteiger partial charge in [0.25, 0.3) is 0 Å². The molecule has 4 heteroatoms. The normalized spacial score (nSPS) is 31.6. The lowest BCUT2D eigenvalue weighted by Crippen LogP contribution is -2.26. The van der Waals surface area contributed by atoms with Gasteiger partial charge in [-0.05, 0) is 12.8 Å². The summed E-state index contributed by atoms with van der Waals surface area (Å²) in [5.41, 5.74) is 0. The van der Waals surface area contributed by atoms with Crippen molar-refractivity contribution in [3.8, 4) is 0 Å². The monoisotopic (exact) mass is 198 g/mol. The van der Waals surface area contributed by atoms with Crippen molar-refractivity contribution in [1.29, 1.82) is 0 Å². The van der Waals surface area contributed by atoms with Crippen LogP contribution in [0.3, 0.4) is 0 Å². The summed E-state index contributed by atoms with van der Waals surface area (Å²) in [6, 6.07) is 0. The summed E-state index contributed by atoms with van der Waals surface area (Å²) in [5, 5.41) is 0. The van der Waals surface area contributed by atoms with E-state index < -0.39 is 11.9 Å². The van der Waals surface area contributed by atoms with Gasteiger partial charge in [-0.1, -0.05) is 6.92 Å². The van der Waals surface area contributed by atoms with E-state index in [2.05, 4.69) is 0 Å². The van der Waals surface area contributed by atoms with E-state index in [-0.39, 0.29) is 30.6 Å². The minimum atomic E-state index is -0.731. The number of Topliss-reactive ketones (excluding diaryl/α,β-unsaturated/α-hetero) is 1. The van der Waals surface area contributed by atoms with E-state index >= 15 is 0 Å². The zero-order chi connectivity index (χ0) is 10.7. The lowest BCUT2D eigenvalue weighted by molar-refractivity contribution is -0.151. The van der Waals surface area contributed by atoms with Crippen molar-refractivity contribution < 1.29 is 19.1 Å². The summed E-state index contributed by atoms with van der Waals surface area (Å²) < 4.78 is 4.78. The van der Waals surface area contributed by atoms with Crippen molar-refractivity contribution in [3.63, 3.8) is 0 Å². The van der Waals surface area contributed by atoms with Crippen LogP contribution in [0.25, 0.3) is 0 Å². The fraction of sp³-hybridized carbons (Fsp3) is 0.700. The molecular formula is C10H14O4. The van der Waals surface area contributed by atoms with E-state index in [0.717, 1.165) is 6.29 Å². The Labute approximate surface area is 82.6 Å². The number of rotatable bonds is 3. The van der Waals surface area contributed by atoms with Crippen LogP contribution in [0.2, 0.25) is 0 Å². The highest BCUT2D eigenvalue weighted by Crippen LogP contribution is 2.33. The van der Waals surface area contributed by atoms with Gasteiger partial charge < -0.3 is 9.53 Å². The van der Waals surface area contributed by atoms with Gasteiger partial charge in [-0.3, -0.25) is 9.59 Å². The Bertz CT molecular complexity index is 259. The summed E-state index contributed by atoms with van der Waals surface area (Å²) in [6.45, 7) is 3.70. The minimum absolute atomic E-state index is 0.173. The van der Waals surface area contributed by atoms with Crippen LogP contribution in [0.5, 0.6) is 0 Å². The van der Waals surface area contributed by atoms with Gasteiger partial charge in [-0.25, -0.2) is 0 Å². The first kappa shape index (κ1) is 10.9. The molecule has 78 valence electrons. The standard InChI is InChI=1S/C10H14O4/c1-3-14-10(13)9-6(2)7(5-11)4-8(9)12/h5-7,9H,3-4H2,1-2H3/t6-,7-,9+/m1/s1. The van der Waals surface area contributed by atoms with E-state index in [1.807, 2.05) is 0 Å².